The molecule has 10 nitrogen and oxygen atoms in total. The van der Waals surface area contributed by atoms with Gasteiger partial charge < -0.3 is 29.7 Å². The molecular formula is C26H37BF2N4O6. The van der Waals surface area contributed by atoms with Crippen LogP contribution < -0.4 is 5.32 Å². The van der Waals surface area contributed by atoms with Crippen LogP contribution in [0.3, 0.4) is 0 Å². The second kappa shape index (κ2) is 14.0. The van der Waals surface area contributed by atoms with Gasteiger partial charge in [-0.2, -0.15) is 5.26 Å². The van der Waals surface area contributed by atoms with Crippen molar-refractivity contribution >= 4 is 19.1 Å². The maximum Gasteiger partial charge on any atom is 0.475 e. The molecule has 1 aromatic rings. The van der Waals surface area contributed by atoms with Crippen molar-refractivity contribution in [3.8, 4) is 6.07 Å². The summed E-state index contributed by atoms with van der Waals surface area (Å²) >= 11 is 0. The molecule has 0 bridgehead atoms. The fourth-order valence-corrected chi connectivity index (χ4v) is 5.03. The Kier molecular flexibility index (Phi) is 11.1. The Hall–Kier alpha value is -2.79. The molecule has 3 N–H and O–H groups in total. The third kappa shape index (κ3) is 8.86. The first-order chi connectivity index (χ1) is 18.5. The summed E-state index contributed by atoms with van der Waals surface area (Å²) in [5, 5.41) is 31.4. The standard InChI is InChI=1S/C26H37BF2N4O6/c1-26(2,32-9-11-38-12-10-32)8-7-19(15-30)24(34)33-16-21(29)14-22(33)17-39-25(35)31-23(27(36)37)13-18-3-5-20(28)6-4-18/h3-6,19,21-23,36-37H,7-14,16-17H2,1-2H3,(H,31,35)/t19?,21-,22+,23-/m0/s1. The van der Waals surface area contributed by atoms with E-state index in [1.54, 1.807) is 0 Å². The SMILES string of the molecule is CC(C)(CCC(C#N)C(=O)N1C[C@@H](F)C[C@@H]1COC(=O)N[C@@H](Cc1ccc(F)cc1)B(O)O)N1CCOCC1. The van der Waals surface area contributed by atoms with Crippen LogP contribution in [-0.4, -0.2) is 102 Å². The lowest BCUT2D eigenvalue weighted by molar-refractivity contribution is -0.136. The average Bonchev–Trinajstić information content (AvgIpc) is 3.29. The lowest BCUT2D eigenvalue weighted by Gasteiger charge is -2.41. The zero-order chi connectivity index (χ0) is 28.6. The number of rotatable bonds is 11. The van der Waals surface area contributed by atoms with Gasteiger partial charge in [0.15, 0.2) is 0 Å². The van der Waals surface area contributed by atoms with E-state index in [4.69, 9.17) is 9.47 Å². The second-order valence-corrected chi connectivity index (χ2v) is 10.7. The van der Waals surface area contributed by atoms with Crippen LogP contribution in [0.2, 0.25) is 0 Å². The highest BCUT2D eigenvalue weighted by Gasteiger charge is 2.40. The van der Waals surface area contributed by atoms with Gasteiger partial charge in [0.2, 0.25) is 5.91 Å². The zero-order valence-electron chi connectivity index (χ0n) is 22.4. The first-order valence-corrected chi connectivity index (χ1v) is 13.2. The summed E-state index contributed by atoms with van der Waals surface area (Å²) in [7, 11) is -1.92. The smallest absolute Gasteiger partial charge is 0.447 e. The first kappa shape index (κ1) is 30.8. The number of alkyl carbamates (subject to hydrolysis) is 1. The molecule has 4 atom stereocenters. The molecule has 214 valence electrons. The molecule has 39 heavy (non-hydrogen) atoms. The van der Waals surface area contributed by atoms with E-state index in [2.05, 4.69) is 30.1 Å². The summed E-state index contributed by atoms with van der Waals surface area (Å²) in [6, 6.07) is 6.64. The van der Waals surface area contributed by atoms with Crippen molar-refractivity contribution in [2.75, 3.05) is 39.5 Å². The maximum atomic E-state index is 14.3. The fraction of sp³-hybridized carbons (Fsp3) is 0.654. The van der Waals surface area contributed by atoms with Gasteiger partial charge in [-0.3, -0.25) is 9.69 Å². The van der Waals surface area contributed by atoms with Gasteiger partial charge in [-0.1, -0.05) is 12.1 Å². The van der Waals surface area contributed by atoms with Crippen LogP contribution in [0, 0.1) is 23.1 Å². The lowest BCUT2D eigenvalue weighted by atomic mass is 9.76. The van der Waals surface area contributed by atoms with E-state index in [1.807, 2.05) is 0 Å². The third-order valence-electron chi connectivity index (χ3n) is 7.45. The van der Waals surface area contributed by atoms with E-state index in [9.17, 15) is 33.7 Å². The third-order valence-corrected chi connectivity index (χ3v) is 7.45. The molecule has 2 aliphatic heterocycles. The summed E-state index contributed by atoms with van der Waals surface area (Å²) < 4.78 is 38.1. The molecule has 3 rings (SSSR count). The fourth-order valence-electron chi connectivity index (χ4n) is 5.03. The average molecular weight is 550 g/mol. The van der Waals surface area contributed by atoms with Crippen molar-refractivity contribution in [2.45, 2.75) is 63.2 Å². The summed E-state index contributed by atoms with van der Waals surface area (Å²) in [5.74, 6) is -3.05. The summed E-state index contributed by atoms with van der Waals surface area (Å²) in [5.41, 5.74) is 0.316. The molecule has 1 aromatic carbocycles. The number of likely N-dealkylation sites (tertiary alicyclic amines) is 1. The van der Waals surface area contributed by atoms with E-state index in [-0.39, 0.29) is 31.5 Å². The van der Waals surface area contributed by atoms with Gasteiger partial charge in [0.1, 0.15) is 24.5 Å². The molecule has 0 radical (unpaired) electrons. The number of hydrogen-bond donors (Lipinski definition) is 3. The van der Waals surface area contributed by atoms with Crippen molar-refractivity contribution in [2.24, 2.45) is 5.92 Å². The highest BCUT2D eigenvalue weighted by molar-refractivity contribution is 6.43. The number of nitrogens with one attached hydrogen (secondary N) is 1. The number of nitriles is 1. The van der Waals surface area contributed by atoms with E-state index in [1.165, 1.54) is 29.2 Å². The van der Waals surface area contributed by atoms with Crippen LogP contribution in [0.5, 0.6) is 0 Å². The molecule has 0 aliphatic carbocycles. The Morgan fingerprint density at radius 2 is 1.95 bits per heavy atom. The largest absolute Gasteiger partial charge is 0.475 e. The van der Waals surface area contributed by atoms with Crippen molar-refractivity contribution in [1.29, 1.82) is 5.26 Å². The van der Waals surface area contributed by atoms with E-state index >= 15 is 0 Å². The minimum Gasteiger partial charge on any atom is -0.447 e. The van der Waals surface area contributed by atoms with E-state index < -0.39 is 49.0 Å². The number of morpholine rings is 1. The zero-order valence-corrected chi connectivity index (χ0v) is 22.4. The van der Waals surface area contributed by atoms with Crippen molar-refractivity contribution < 1.29 is 37.9 Å². The number of alkyl halides is 1. The van der Waals surface area contributed by atoms with Crippen LogP contribution in [0.1, 0.15) is 38.7 Å². The quantitative estimate of drug-likeness (QED) is 0.353. The van der Waals surface area contributed by atoms with Gasteiger partial charge >= 0.3 is 13.2 Å². The molecule has 0 saturated carbocycles. The van der Waals surface area contributed by atoms with Crippen LogP contribution in [-0.2, 0) is 20.7 Å². The Morgan fingerprint density at radius 1 is 1.28 bits per heavy atom. The molecule has 2 heterocycles. The summed E-state index contributed by atoms with van der Waals surface area (Å²) in [6.45, 7) is 6.42. The molecule has 0 aromatic heterocycles. The Bertz CT molecular complexity index is 1000. The maximum absolute atomic E-state index is 14.3. The van der Waals surface area contributed by atoms with Gasteiger partial charge in [-0.25, -0.2) is 13.6 Å². The molecule has 2 aliphatic rings. The molecule has 0 spiro atoms. The Labute approximate surface area is 228 Å². The number of carbonyl (C=O) groups excluding carboxylic acids is 2. The number of halogens is 2. The number of carbonyl (C=O) groups is 2. The Balaban J connectivity index is 1.54. The van der Waals surface area contributed by atoms with Gasteiger partial charge in [0.05, 0.1) is 37.8 Å². The normalized spacial score (nSPS) is 21.6. The molecule has 2 saturated heterocycles. The number of nitrogens with zero attached hydrogens (tertiary/aromatic N) is 3. The molecule has 2 fully saturated rings. The minimum atomic E-state index is -1.92. The number of benzene rings is 1. The van der Waals surface area contributed by atoms with Gasteiger partial charge in [-0.15, -0.1) is 0 Å². The van der Waals surface area contributed by atoms with Crippen LogP contribution >= 0.6 is 0 Å². The Morgan fingerprint density at radius 3 is 2.56 bits per heavy atom. The minimum absolute atomic E-state index is 0.00170. The van der Waals surface area contributed by atoms with Crippen molar-refractivity contribution in [3.05, 3.63) is 35.6 Å². The molecule has 1 unspecified atom stereocenters. The number of amides is 2. The predicted molar refractivity (Wildman–Crippen MR) is 138 cm³/mol. The first-order valence-electron chi connectivity index (χ1n) is 13.2. The topological polar surface area (TPSA) is 135 Å². The molecule has 13 heteroatoms. The van der Waals surface area contributed by atoms with Crippen molar-refractivity contribution in [3.63, 3.8) is 0 Å². The van der Waals surface area contributed by atoms with Crippen LogP contribution in [0.15, 0.2) is 24.3 Å². The van der Waals surface area contributed by atoms with Crippen LogP contribution in [0.4, 0.5) is 13.6 Å². The summed E-state index contributed by atoms with van der Waals surface area (Å²) in [6.07, 6.45) is -1.45. The number of ether oxygens (including phenoxy) is 2. The van der Waals surface area contributed by atoms with E-state index in [0.29, 0.717) is 31.6 Å². The summed E-state index contributed by atoms with van der Waals surface area (Å²) in [4.78, 5) is 29.1. The molecular weight excluding hydrogens is 513 g/mol. The monoisotopic (exact) mass is 550 g/mol. The molecule has 2 amide bonds. The lowest BCUT2D eigenvalue weighted by Crippen LogP contribution is -2.50. The van der Waals surface area contributed by atoms with E-state index in [0.717, 1.165) is 13.1 Å². The van der Waals surface area contributed by atoms with Crippen LogP contribution in [0.25, 0.3) is 0 Å². The van der Waals surface area contributed by atoms with Gasteiger partial charge in [-0.05, 0) is 50.8 Å². The van der Waals surface area contributed by atoms with Gasteiger partial charge in [0, 0.05) is 25.0 Å². The van der Waals surface area contributed by atoms with Gasteiger partial charge in [0.25, 0.3) is 0 Å². The number of hydrogen-bond acceptors (Lipinski definition) is 8. The highest BCUT2D eigenvalue weighted by atomic mass is 19.1. The van der Waals surface area contributed by atoms with Crippen molar-refractivity contribution in [1.82, 2.24) is 15.1 Å². The predicted octanol–water partition coefficient (Wildman–Crippen LogP) is 1.44. The highest BCUT2D eigenvalue weighted by Crippen LogP contribution is 2.28. The second-order valence-electron chi connectivity index (χ2n) is 10.7.